The highest BCUT2D eigenvalue weighted by Gasteiger charge is 2.42. The number of pyridine rings is 1. The van der Waals surface area contributed by atoms with Gasteiger partial charge in [-0.25, -0.2) is 0 Å². The molecule has 218 valence electrons. The van der Waals surface area contributed by atoms with Gasteiger partial charge in [0.05, 0.1) is 28.5 Å². The zero-order valence-corrected chi connectivity index (χ0v) is 26.9. The molecule has 4 aromatic rings. The lowest BCUT2D eigenvalue weighted by Crippen LogP contribution is -2.38. The molecule has 0 radical (unpaired) electrons. The minimum absolute atomic E-state index is 0.102. The highest BCUT2D eigenvalue weighted by molar-refractivity contribution is 7.80. The standard InChI is InChI=1S/C35H40ClN5S/c1-21-13-22(2)16-28(15-21)40-25(5)17-29(26(40)6)34-33(31-9-7-8-12-37-31)38-35(42)41(34)27-10-11-32(30(36)18-27)39-19-23(3)14-24(4)20-39/h7-13,15-18,23-24,33-34H,14,19-20H2,1-6H3,(H,38,42)/t23-,24+,33-,34+/m0/s1. The topological polar surface area (TPSA) is 36.3 Å². The third kappa shape index (κ3) is 5.31. The number of thiocarbonyl (C=S) groups is 1. The molecule has 0 bridgehead atoms. The normalized spacial score (nSPS) is 22.5. The Balaban J connectivity index is 1.45. The molecule has 0 unspecified atom stereocenters. The van der Waals surface area contributed by atoms with Crippen LogP contribution in [0.5, 0.6) is 0 Å². The first-order valence-electron chi connectivity index (χ1n) is 14.9. The van der Waals surface area contributed by atoms with Crippen LogP contribution in [0, 0.1) is 39.5 Å². The molecule has 2 fully saturated rings. The first-order chi connectivity index (χ1) is 20.1. The van der Waals surface area contributed by atoms with Crippen molar-refractivity contribution in [3.05, 3.63) is 106 Å². The van der Waals surface area contributed by atoms with E-state index in [1.165, 1.54) is 40.2 Å². The molecule has 2 aromatic carbocycles. The molecule has 42 heavy (non-hydrogen) atoms. The molecule has 6 rings (SSSR count). The number of hydrogen-bond donors (Lipinski definition) is 1. The van der Waals surface area contributed by atoms with Gasteiger partial charge in [-0.3, -0.25) is 4.98 Å². The summed E-state index contributed by atoms with van der Waals surface area (Å²) >= 11 is 13.1. The van der Waals surface area contributed by atoms with Gasteiger partial charge < -0.3 is 19.7 Å². The summed E-state index contributed by atoms with van der Waals surface area (Å²) in [6.07, 6.45) is 3.11. The second kappa shape index (κ2) is 11.4. The SMILES string of the molecule is Cc1cc(C)cc(-n2c(C)cc([C@@H]3[C@H](c4ccccn4)NC(=S)N3c3ccc(N4C[C@H](C)C[C@H](C)C4)c(Cl)c3)c2C)c1. The van der Waals surface area contributed by atoms with Crippen LogP contribution in [0.4, 0.5) is 11.4 Å². The van der Waals surface area contributed by atoms with Gasteiger partial charge in [-0.1, -0.05) is 37.6 Å². The van der Waals surface area contributed by atoms with Crippen LogP contribution in [0.2, 0.25) is 5.02 Å². The third-order valence-electron chi connectivity index (χ3n) is 8.77. The lowest BCUT2D eigenvalue weighted by molar-refractivity contribution is 0.357. The van der Waals surface area contributed by atoms with Gasteiger partial charge in [-0.05, 0) is 123 Å². The largest absolute Gasteiger partial charge is 0.370 e. The maximum atomic E-state index is 7.05. The summed E-state index contributed by atoms with van der Waals surface area (Å²) in [5.41, 5.74) is 10.3. The Bertz CT molecular complexity index is 1600. The first-order valence-corrected chi connectivity index (χ1v) is 15.7. The molecule has 0 aliphatic carbocycles. The number of aromatic nitrogens is 2. The number of anilines is 2. The number of rotatable bonds is 5. The van der Waals surface area contributed by atoms with Gasteiger partial charge in [0.15, 0.2) is 5.11 Å². The zero-order chi connectivity index (χ0) is 29.7. The average molecular weight is 598 g/mol. The van der Waals surface area contributed by atoms with Crippen molar-refractivity contribution < 1.29 is 0 Å². The van der Waals surface area contributed by atoms with Gasteiger partial charge >= 0.3 is 0 Å². The predicted octanol–water partition coefficient (Wildman–Crippen LogP) is 8.42. The third-order valence-corrected chi connectivity index (χ3v) is 9.39. The number of nitrogens with one attached hydrogen (secondary N) is 1. The highest BCUT2D eigenvalue weighted by Crippen LogP contribution is 2.45. The Labute approximate surface area is 260 Å². The van der Waals surface area contributed by atoms with Crippen molar-refractivity contribution in [3.8, 4) is 5.69 Å². The summed E-state index contributed by atoms with van der Waals surface area (Å²) < 4.78 is 2.36. The van der Waals surface area contributed by atoms with Crippen LogP contribution in [0.15, 0.2) is 66.9 Å². The van der Waals surface area contributed by atoms with Crippen LogP contribution in [-0.2, 0) is 0 Å². The monoisotopic (exact) mass is 597 g/mol. The molecule has 0 amide bonds. The van der Waals surface area contributed by atoms with E-state index < -0.39 is 0 Å². The van der Waals surface area contributed by atoms with Crippen LogP contribution in [0.3, 0.4) is 0 Å². The van der Waals surface area contributed by atoms with Crippen LogP contribution >= 0.6 is 23.8 Å². The Morgan fingerprint density at radius 2 is 1.60 bits per heavy atom. The van der Waals surface area contributed by atoms with Crippen LogP contribution < -0.4 is 15.1 Å². The van der Waals surface area contributed by atoms with Gasteiger partial charge in [0.1, 0.15) is 0 Å². The van der Waals surface area contributed by atoms with E-state index in [9.17, 15) is 0 Å². The van der Waals surface area contributed by atoms with Crippen molar-refractivity contribution in [1.29, 1.82) is 0 Å². The van der Waals surface area contributed by atoms with E-state index in [0.717, 1.165) is 35.2 Å². The Hall–Kier alpha value is -3.35. The fourth-order valence-electron chi connectivity index (χ4n) is 7.27. The molecule has 2 saturated heterocycles. The molecular formula is C35H40ClN5S. The minimum atomic E-state index is -0.117. The van der Waals surface area contributed by atoms with Crippen LogP contribution in [0.25, 0.3) is 5.69 Å². The van der Waals surface area contributed by atoms with Crippen molar-refractivity contribution in [2.45, 2.75) is 60.0 Å². The average Bonchev–Trinajstić information content (AvgIpc) is 3.42. The summed E-state index contributed by atoms with van der Waals surface area (Å²) in [7, 11) is 0. The number of aryl methyl sites for hydroxylation is 3. The van der Waals surface area contributed by atoms with Crippen molar-refractivity contribution >= 4 is 40.3 Å². The molecule has 4 atom stereocenters. The predicted molar refractivity (Wildman–Crippen MR) is 179 cm³/mol. The first kappa shape index (κ1) is 28.8. The van der Waals surface area contributed by atoms with E-state index in [2.05, 4.69) is 110 Å². The quantitative estimate of drug-likeness (QED) is 0.234. The van der Waals surface area contributed by atoms with Gasteiger partial charge in [-0.2, -0.15) is 0 Å². The van der Waals surface area contributed by atoms with Gasteiger partial charge in [-0.15, -0.1) is 0 Å². The number of nitrogens with zero attached hydrogens (tertiary/aromatic N) is 4. The van der Waals surface area contributed by atoms with Gasteiger partial charge in [0, 0.05) is 42.0 Å². The molecule has 2 aliphatic heterocycles. The lowest BCUT2D eigenvalue weighted by Gasteiger charge is -2.37. The fraction of sp³-hybridized carbons (Fsp3) is 0.371. The molecule has 4 heterocycles. The summed E-state index contributed by atoms with van der Waals surface area (Å²) in [5.74, 6) is 1.30. The number of halogens is 1. The molecule has 0 spiro atoms. The summed E-state index contributed by atoms with van der Waals surface area (Å²) in [4.78, 5) is 9.44. The van der Waals surface area contributed by atoms with Crippen LogP contribution in [0.1, 0.15) is 66.1 Å². The molecule has 7 heteroatoms. The maximum Gasteiger partial charge on any atom is 0.174 e. The molecule has 2 aromatic heterocycles. The number of hydrogen-bond acceptors (Lipinski definition) is 3. The highest BCUT2D eigenvalue weighted by atomic mass is 35.5. The minimum Gasteiger partial charge on any atom is -0.370 e. The van der Waals surface area contributed by atoms with E-state index in [-0.39, 0.29) is 12.1 Å². The number of benzene rings is 2. The maximum absolute atomic E-state index is 7.05. The Morgan fingerprint density at radius 1 is 0.881 bits per heavy atom. The van der Waals surface area contributed by atoms with Crippen molar-refractivity contribution in [2.75, 3.05) is 22.9 Å². The van der Waals surface area contributed by atoms with Crippen molar-refractivity contribution in [2.24, 2.45) is 11.8 Å². The smallest absolute Gasteiger partial charge is 0.174 e. The number of piperidine rings is 1. The van der Waals surface area contributed by atoms with E-state index >= 15 is 0 Å². The summed E-state index contributed by atoms with van der Waals surface area (Å²) in [6.45, 7) is 15.4. The molecule has 2 aliphatic rings. The second-order valence-corrected chi connectivity index (χ2v) is 13.3. The molecular weight excluding hydrogens is 558 g/mol. The van der Waals surface area contributed by atoms with E-state index in [4.69, 9.17) is 28.8 Å². The van der Waals surface area contributed by atoms with Gasteiger partial charge in [0.2, 0.25) is 0 Å². The van der Waals surface area contributed by atoms with Crippen LogP contribution in [-0.4, -0.2) is 27.8 Å². The molecule has 0 saturated carbocycles. The van der Waals surface area contributed by atoms with E-state index in [1.807, 2.05) is 18.3 Å². The Morgan fingerprint density at radius 3 is 2.24 bits per heavy atom. The van der Waals surface area contributed by atoms with E-state index in [1.54, 1.807) is 0 Å². The van der Waals surface area contributed by atoms with E-state index in [0.29, 0.717) is 16.9 Å². The van der Waals surface area contributed by atoms with Gasteiger partial charge in [0.25, 0.3) is 0 Å². The second-order valence-electron chi connectivity index (χ2n) is 12.5. The zero-order valence-electron chi connectivity index (χ0n) is 25.4. The summed E-state index contributed by atoms with van der Waals surface area (Å²) in [5, 5.41) is 5.06. The van der Waals surface area contributed by atoms with Crippen molar-refractivity contribution in [1.82, 2.24) is 14.9 Å². The molecule has 5 nitrogen and oxygen atoms in total. The fourth-order valence-corrected chi connectivity index (χ4v) is 7.92. The van der Waals surface area contributed by atoms with Crippen molar-refractivity contribution in [3.63, 3.8) is 0 Å². The summed E-state index contributed by atoms with van der Waals surface area (Å²) in [6, 6.07) is 21.3. The molecule has 1 N–H and O–H groups in total. The lowest BCUT2D eigenvalue weighted by atomic mass is 9.91. The Kier molecular flexibility index (Phi) is 7.79.